The van der Waals surface area contributed by atoms with Crippen LogP contribution in [0.3, 0.4) is 0 Å². The lowest BCUT2D eigenvalue weighted by Gasteiger charge is -2.25. The second-order valence-corrected chi connectivity index (χ2v) is 7.79. The molecule has 3 aromatic rings. The zero-order valence-electron chi connectivity index (χ0n) is 17.4. The lowest BCUT2D eigenvalue weighted by Crippen LogP contribution is -3.11. The summed E-state index contributed by atoms with van der Waals surface area (Å²) in [5.74, 6) is 1.46. The van der Waals surface area contributed by atoms with Gasteiger partial charge in [-0.3, -0.25) is 4.79 Å². The van der Waals surface area contributed by atoms with Crippen molar-refractivity contribution in [2.45, 2.75) is 18.9 Å². The molecular formula is C25H29N2O3+. The van der Waals surface area contributed by atoms with E-state index in [0.717, 1.165) is 29.6 Å². The molecule has 5 nitrogen and oxygen atoms in total. The molecule has 1 atom stereocenters. The van der Waals surface area contributed by atoms with Gasteiger partial charge in [-0.1, -0.05) is 30.3 Å². The third-order valence-electron chi connectivity index (χ3n) is 5.85. The van der Waals surface area contributed by atoms with E-state index in [4.69, 9.17) is 9.47 Å². The van der Waals surface area contributed by atoms with Crippen LogP contribution in [0.15, 0.2) is 66.7 Å². The molecule has 0 aromatic heterocycles. The number of quaternary nitrogens is 1. The molecule has 156 valence electrons. The third-order valence-corrected chi connectivity index (χ3v) is 5.85. The molecule has 2 N–H and O–H groups in total. The highest BCUT2D eigenvalue weighted by Gasteiger charge is 2.27. The number of likely N-dealkylation sites (tertiary alicyclic amines) is 1. The van der Waals surface area contributed by atoms with Gasteiger partial charge in [0, 0.05) is 18.4 Å². The zero-order valence-corrected chi connectivity index (χ0v) is 17.4. The van der Waals surface area contributed by atoms with Gasteiger partial charge < -0.3 is 19.7 Å². The summed E-state index contributed by atoms with van der Waals surface area (Å²) in [5.41, 5.74) is 1.23. The predicted octanol–water partition coefficient (Wildman–Crippen LogP) is 2.76. The van der Waals surface area contributed by atoms with E-state index in [1.807, 2.05) is 48.5 Å². The molecule has 1 aliphatic heterocycles. The number of hydrogen-bond acceptors (Lipinski definition) is 3. The summed E-state index contributed by atoms with van der Waals surface area (Å²) in [6.07, 6.45) is 2.47. The van der Waals surface area contributed by atoms with Crippen LogP contribution in [0.2, 0.25) is 0 Å². The maximum Gasteiger partial charge on any atom is 0.258 e. The Labute approximate surface area is 177 Å². The number of fused-ring (bicyclic) bond motifs is 1. The zero-order chi connectivity index (χ0) is 20.8. The normalized spacial score (nSPS) is 15.1. The van der Waals surface area contributed by atoms with Crippen LogP contribution in [-0.2, 0) is 4.79 Å². The monoisotopic (exact) mass is 405 g/mol. The van der Waals surface area contributed by atoms with Crippen LogP contribution in [0, 0.1) is 0 Å². The first-order valence-electron chi connectivity index (χ1n) is 10.6. The SMILES string of the molecule is COc1ccc([C@H](CNC(=O)COc2ccc3ccccc3c2)[NH+]2CCCC2)cc1. The predicted molar refractivity (Wildman–Crippen MR) is 118 cm³/mol. The highest BCUT2D eigenvalue weighted by atomic mass is 16.5. The first-order chi connectivity index (χ1) is 14.7. The van der Waals surface area contributed by atoms with Crippen molar-refractivity contribution in [3.8, 4) is 11.5 Å². The summed E-state index contributed by atoms with van der Waals surface area (Å²) >= 11 is 0. The fourth-order valence-electron chi connectivity index (χ4n) is 4.18. The van der Waals surface area contributed by atoms with Crippen LogP contribution in [0.4, 0.5) is 0 Å². The average Bonchev–Trinajstić information content (AvgIpc) is 3.33. The maximum absolute atomic E-state index is 12.5. The number of rotatable bonds is 8. The molecule has 0 unspecified atom stereocenters. The topological polar surface area (TPSA) is 52.0 Å². The second-order valence-electron chi connectivity index (χ2n) is 7.79. The Hall–Kier alpha value is -3.05. The molecule has 1 aliphatic rings. The standard InChI is InChI=1S/C25H28N2O3/c1-29-22-11-9-20(10-12-22)24(27-14-4-5-15-27)17-26-25(28)18-30-23-13-8-19-6-2-3-7-21(19)16-23/h2-3,6-13,16,24H,4-5,14-15,17-18H2,1H3,(H,26,28)/p+1/t24-/m0/s1. The van der Waals surface area contributed by atoms with Gasteiger partial charge in [-0.25, -0.2) is 0 Å². The summed E-state index contributed by atoms with van der Waals surface area (Å²) in [6, 6.07) is 22.4. The van der Waals surface area contributed by atoms with Gasteiger partial charge in [0.25, 0.3) is 5.91 Å². The molecule has 4 rings (SSSR count). The van der Waals surface area contributed by atoms with Gasteiger partial charge in [0.05, 0.1) is 26.7 Å². The van der Waals surface area contributed by atoms with E-state index < -0.39 is 0 Å². The van der Waals surface area contributed by atoms with Gasteiger partial charge in [0.15, 0.2) is 6.61 Å². The highest BCUT2D eigenvalue weighted by molar-refractivity contribution is 5.84. The average molecular weight is 406 g/mol. The van der Waals surface area contributed by atoms with E-state index in [0.29, 0.717) is 12.3 Å². The van der Waals surface area contributed by atoms with Crippen LogP contribution in [-0.4, -0.2) is 39.3 Å². The van der Waals surface area contributed by atoms with Crippen LogP contribution in [0.1, 0.15) is 24.4 Å². The molecule has 0 bridgehead atoms. The number of carbonyl (C=O) groups is 1. The molecule has 1 heterocycles. The Bertz CT molecular complexity index is 981. The van der Waals surface area contributed by atoms with Gasteiger partial charge >= 0.3 is 0 Å². The smallest absolute Gasteiger partial charge is 0.258 e. The van der Waals surface area contributed by atoms with E-state index in [1.54, 1.807) is 7.11 Å². The van der Waals surface area contributed by atoms with Gasteiger partial charge in [-0.05, 0) is 47.2 Å². The van der Waals surface area contributed by atoms with E-state index in [2.05, 4.69) is 23.5 Å². The van der Waals surface area contributed by atoms with Gasteiger partial charge in [-0.15, -0.1) is 0 Å². The van der Waals surface area contributed by atoms with Gasteiger partial charge in [0.1, 0.15) is 17.5 Å². The minimum absolute atomic E-state index is 0.0169. The molecule has 1 fully saturated rings. The molecule has 0 aliphatic carbocycles. The summed E-state index contributed by atoms with van der Waals surface area (Å²) < 4.78 is 11.0. The van der Waals surface area contributed by atoms with Crippen molar-refractivity contribution in [1.29, 1.82) is 0 Å². The quantitative estimate of drug-likeness (QED) is 0.606. The van der Waals surface area contributed by atoms with Crippen LogP contribution in [0.25, 0.3) is 10.8 Å². The largest absolute Gasteiger partial charge is 0.497 e. The number of amides is 1. The molecule has 3 aromatic carbocycles. The number of hydrogen-bond donors (Lipinski definition) is 2. The fraction of sp³-hybridized carbons (Fsp3) is 0.320. The molecule has 30 heavy (non-hydrogen) atoms. The van der Waals surface area contributed by atoms with Gasteiger partial charge in [0.2, 0.25) is 0 Å². The van der Waals surface area contributed by atoms with Crippen molar-refractivity contribution in [3.05, 3.63) is 72.3 Å². The van der Waals surface area contributed by atoms with Crippen molar-refractivity contribution in [2.75, 3.05) is 33.4 Å². The first kappa shape index (κ1) is 20.2. The molecule has 1 amide bonds. The third kappa shape index (κ3) is 4.92. The molecule has 0 radical (unpaired) electrons. The number of benzene rings is 3. The summed E-state index contributed by atoms with van der Waals surface area (Å²) in [6.45, 7) is 2.89. The lowest BCUT2D eigenvalue weighted by atomic mass is 10.1. The summed E-state index contributed by atoms with van der Waals surface area (Å²) in [7, 11) is 1.67. The van der Waals surface area contributed by atoms with E-state index in [1.165, 1.54) is 23.3 Å². The van der Waals surface area contributed by atoms with Crippen LogP contribution < -0.4 is 19.7 Å². The van der Waals surface area contributed by atoms with E-state index >= 15 is 0 Å². The minimum Gasteiger partial charge on any atom is -0.497 e. The van der Waals surface area contributed by atoms with Crippen molar-refractivity contribution < 1.29 is 19.2 Å². The van der Waals surface area contributed by atoms with Gasteiger partial charge in [-0.2, -0.15) is 0 Å². The molecular weight excluding hydrogens is 376 g/mol. The van der Waals surface area contributed by atoms with Crippen molar-refractivity contribution in [1.82, 2.24) is 5.32 Å². The Morgan fingerprint density at radius 3 is 2.40 bits per heavy atom. The summed E-state index contributed by atoms with van der Waals surface area (Å²) in [4.78, 5) is 14.0. The number of nitrogens with one attached hydrogen (secondary N) is 2. The maximum atomic E-state index is 12.5. The number of carbonyl (C=O) groups excluding carboxylic acids is 1. The fourth-order valence-corrected chi connectivity index (χ4v) is 4.18. The Morgan fingerprint density at radius 1 is 0.967 bits per heavy atom. The van der Waals surface area contributed by atoms with E-state index in [9.17, 15) is 4.79 Å². The lowest BCUT2D eigenvalue weighted by molar-refractivity contribution is -0.918. The Kier molecular flexibility index (Phi) is 6.50. The first-order valence-corrected chi connectivity index (χ1v) is 10.6. The van der Waals surface area contributed by atoms with Crippen LogP contribution >= 0.6 is 0 Å². The molecule has 0 saturated carbocycles. The Morgan fingerprint density at radius 2 is 1.67 bits per heavy atom. The minimum atomic E-state index is -0.0970. The number of ether oxygens (including phenoxy) is 2. The van der Waals surface area contributed by atoms with E-state index in [-0.39, 0.29) is 18.6 Å². The van der Waals surface area contributed by atoms with Crippen LogP contribution in [0.5, 0.6) is 11.5 Å². The molecule has 5 heteroatoms. The number of methoxy groups -OCH3 is 1. The molecule has 1 saturated heterocycles. The van der Waals surface area contributed by atoms with Crippen molar-refractivity contribution >= 4 is 16.7 Å². The molecule has 0 spiro atoms. The Balaban J connectivity index is 1.35. The summed E-state index contributed by atoms with van der Waals surface area (Å²) in [5, 5.41) is 5.34. The van der Waals surface area contributed by atoms with Crippen molar-refractivity contribution in [2.24, 2.45) is 0 Å². The highest BCUT2D eigenvalue weighted by Crippen LogP contribution is 2.20. The van der Waals surface area contributed by atoms with Crippen molar-refractivity contribution in [3.63, 3.8) is 0 Å². The second kappa shape index (κ2) is 9.63.